The number of hydrogen-bond acceptors (Lipinski definition) is 3. The monoisotopic (exact) mass is 348 g/mol. The van der Waals surface area contributed by atoms with Gasteiger partial charge in [-0.3, -0.25) is 0 Å². The van der Waals surface area contributed by atoms with Crippen LogP contribution in [0.4, 0.5) is 0 Å². The first-order valence-electron chi connectivity index (χ1n) is 5.79. The number of carboxylic acids is 1. The molecule has 4 nitrogen and oxygen atoms in total. The van der Waals surface area contributed by atoms with Gasteiger partial charge in [0.05, 0.1) is 16.3 Å². The van der Waals surface area contributed by atoms with Gasteiger partial charge in [0.2, 0.25) is 0 Å². The first kappa shape index (κ1) is 13.1. The zero-order valence-corrected chi connectivity index (χ0v) is 12.6. The molecule has 0 saturated heterocycles. The molecule has 3 rings (SSSR count). The Balaban J connectivity index is 2.24. The van der Waals surface area contributed by atoms with Crippen LogP contribution < -0.4 is 0 Å². The Hall–Kier alpha value is -1.92. The molecule has 1 N–H and O–H groups in total. The number of carbonyl (C=O) groups is 1. The predicted molar refractivity (Wildman–Crippen MR) is 81.5 cm³/mol. The highest BCUT2D eigenvalue weighted by Crippen LogP contribution is 2.30. The molecule has 1 aromatic carbocycles. The Bertz CT molecular complexity index is 765. The van der Waals surface area contributed by atoms with Gasteiger partial charge < -0.3 is 5.11 Å². The number of rotatable bonds is 3. The Morgan fingerprint density at radius 2 is 2.05 bits per heavy atom. The molecule has 0 fully saturated rings. The van der Waals surface area contributed by atoms with E-state index in [2.05, 4.69) is 21.0 Å². The Morgan fingerprint density at radius 3 is 2.70 bits per heavy atom. The third-order valence-corrected chi connectivity index (χ3v) is 4.35. The van der Waals surface area contributed by atoms with E-state index in [0.717, 1.165) is 20.7 Å². The number of carboxylic acid groups (broad SMARTS) is 1. The van der Waals surface area contributed by atoms with Crippen LogP contribution in [0.25, 0.3) is 16.3 Å². The fourth-order valence-electron chi connectivity index (χ4n) is 1.89. The van der Waals surface area contributed by atoms with Crippen molar-refractivity contribution in [2.24, 2.45) is 0 Å². The number of nitrogens with zero attached hydrogens (tertiary/aromatic N) is 2. The van der Waals surface area contributed by atoms with Crippen molar-refractivity contribution in [1.82, 2.24) is 9.78 Å². The summed E-state index contributed by atoms with van der Waals surface area (Å²) in [7, 11) is 0. The minimum Gasteiger partial charge on any atom is -0.476 e. The van der Waals surface area contributed by atoms with Gasteiger partial charge in [-0.2, -0.15) is 5.10 Å². The summed E-state index contributed by atoms with van der Waals surface area (Å²) >= 11 is 5.02. The molecule has 2 heterocycles. The molecule has 100 valence electrons. The van der Waals surface area contributed by atoms with Crippen LogP contribution in [0.2, 0.25) is 0 Å². The van der Waals surface area contributed by atoms with Gasteiger partial charge in [-0.05, 0) is 39.5 Å². The highest BCUT2D eigenvalue weighted by atomic mass is 79.9. The summed E-state index contributed by atoms with van der Waals surface area (Å²) in [6.45, 7) is 0. The predicted octanol–water partition coefficient (Wildman–Crippen LogP) is 4.06. The van der Waals surface area contributed by atoms with Crippen molar-refractivity contribution in [1.29, 1.82) is 0 Å². The zero-order chi connectivity index (χ0) is 14.1. The summed E-state index contributed by atoms with van der Waals surface area (Å²) < 4.78 is 2.51. The second-order valence-corrected chi connectivity index (χ2v) is 5.86. The van der Waals surface area contributed by atoms with Crippen molar-refractivity contribution < 1.29 is 9.90 Å². The Kier molecular flexibility index (Phi) is 3.42. The molecular weight excluding hydrogens is 340 g/mol. The Labute approximate surface area is 127 Å². The van der Waals surface area contributed by atoms with Gasteiger partial charge in [-0.25, -0.2) is 9.48 Å². The third kappa shape index (κ3) is 2.28. The first-order chi connectivity index (χ1) is 9.66. The molecule has 0 bridgehead atoms. The summed E-state index contributed by atoms with van der Waals surface area (Å²) in [4.78, 5) is 12.1. The lowest BCUT2D eigenvalue weighted by Crippen LogP contribution is -2.02. The number of halogens is 1. The van der Waals surface area contributed by atoms with E-state index in [1.165, 1.54) is 0 Å². The van der Waals surface area contributed by atoms with E-state index in [9.17, 15) is 4.79 Å². The van der Waals surface area contributed by atoms with E-state index in [4.69, 9.17) is 5.11 Å². The van der Waals surface area contributed by atoms with Gasteiger partial charge in [-0.15, -0.1) is 11.3 Å². The maximum Gasteiger partial charge on any atom is 0.356 e. The molecule has 0 saturated carbocycles. The average molecular weight is 349 g/mol. The molecule has 6 heteroatoms. The standard InChI is InChI=1S/C14H9BrN2O2S/c15-9-4-1-2-5-11(9)17-12(13-6-3-7-20-13)8-10(16-17)14(18)19/h1-8H,(H,18,19). The van der Waals surface area contributed by atoms with E-state index in [0.29, 0.717) is 0 Å². The molecule has 0 aliphatic heterocycles. The number of aromatic carboxylic acids is 1. The number of thiophene rings is 1. The van der Waals surface area contributed by atoms with Crippen molar-refractivity contribution in [3.05, 3.63) is 58.0 Å². The van der Waals surface area contributed by atoms with Crippen LogP contribution in [-0.2, 0) is 0 Å². The van der Waals surface area contributed by atoms with Crippen LogP contribution in [-0.4, -0.2) is 20.9 Å². The number of hydrogen-bond donors (Lipinski definition) is 1. The highest BCUT2D eigenvalue weighted by molar-refractivity contribution is 9.10. The molecule has 0 unspecified atom stereocenters. The summed E-state index contributed by atoms with van der Waals surface area (Å²) in [5.74, 6) is -1.03. The number of para-hydroxylation sites is 1. The molecule has 20 heavy (non-hydrogen) atoms. The van der Waals surface area contributed by atoms with Gasteiger partial charge in [0.15, 0.2) is 5.69 Å². The quantitative estimate of drug-likeness (QED) is 0.776. The minimum absolute atomic E-state index is 0.0316. The topological polar surface area (TPSA) is 55.1 Å². The normalized spacial score (nSPS) is 10.7. The van der Waals surface area contributed by atoms with Gasteiger partial charge in [0.1, 0.15) is 0 Å². The second kappa shape index (κ2) is 5.22. The first-order valence-corrected chi connectivity index (χ1v) is 7.46. The lowest BCUT2D eigenvalue weighted by Gasteiger charge is -2.07. The number of aromatic nitrogens is 2. The van der Waals surface area contributed by atoms with Gasteiger partial charge in [-0.1, -0.05) is 18.2 Å². The summed E-state index contributed by atoms with van der Waals surface area (Å²) in [5, 5.41) is 15.3. The lowest BCUT2D eigenvalue weighted by molar-refractivity contribution is 0.0690. The van der Waals surface area contributed by atoms with Crippen LogP contribution >= 0.6 is 27.3 Å². The summed E-state index contributed by atoms with van der Waals surface area (Å²) in [6.07, 6.45) is 0. The van der Waals surface area contributed by atoms with Crippen molar-refractivity contribution in [2.75, 3.05) is 0 Å². The second-order valence-electron chi connectivity index (χ2n) is 4.06. The van der Waals surface area contributed by atoms with Gasteiger partial charge >= 0.3 is 5.97 Å². The lowest BCUT2D eigenvalue weighted by atomic mass is 10.3. The zero-order valence-electron chi connectivity index (χ0n) is 10.2. The molecule has 0 amide bonds. The van der Waals surface area contributed by atoms with Crippen LogP contribution in [0.15, 0.2) is 52.3 Å². The van der Waals surface area contributed by atoms with E-state index in [1.807, 2.05) is 41.8 Å². The largest absolute Gasteiger partial charge is 0.476 e. The maximum atomic E-state index is 11.2. The molecule has 0 aliphatic rings. The van der Waals surface area contributed by atoms with Crippen molar-refractivity contribution in [3.8, 4) is 16.3 Å². The van der Waals surface area contributed by atoms with Crippen molar-refractivity contribution in [3.63, 3.8) is 0 Å². The van der Waals surface area contributed by atoms with E-state index >= 15 is 0 Å². The van der Waals surface area contributed by atoms with E-state index < -0.39 is 5.97 Å². The SMILES string of the molecule is O=C(O)c1cc(-c2cccs2)n(-c2ccccc2Br)n1. The molecule has 0 radical (unpaired) electrons. The fourth-order valence-corrected chi connectivity index (χ4v) is 3.07. The van der Waals surface area contributed by atoms with Crippen LogP contribution in [0.1, 0.15) is 10.5 Å². The average Bonchev–Trinajstić information content (AvgIpc) is 3.08. The third-order valence-electron chi connectivity index (χ3n) is 2.78. The molecule has 0 spiro atoms. The minimum atomic E-state index is -1.03. The van der Waals surface area contributed by atoms with Crippen molar-refractivity contribution >= 4 is 33.2 Å². The molecular formula is C14H9BrN2O2S. The smallest absolute Gasteiger partial charge is 0.356 e. The van der Waals surface area contributed by atoms with Crippen molar-refractivity contribution in [2.45, 2.75) is 0 Å². The summed E-state index contributed by atoms with van der Waals surface area (Å²) in [5.41, 5.74) is 1.61. The molecule has 2 aromatic heterocycles. The maximum absolute atomic E-state index is 11.2. The van der Waals surface area contributed by atoms with E-state index in [1.54, 1.807) is 22.1 Å². The summed E-state index contributed by atoms with van der Waals surface area (Å²) in [6, 6.07) is 13.0. The fraction of sp³-hybridized carbons (Fsp3) is 0. The number of benzene rings is 1. The van der Waals surface area contributed by atoms with E-state index in [-0.39, 0.29) is 5.69 Å². The van der Waals surface area contributed by atoms with Crippen LogP contribution in [0.5, 0.6) is 0 Å². The molecule has 3 aromatic rings. The van der Waals surface area contributed by atoms with Gasteiger partial charge in [0.25, 0.3) is 0 Å². The van der Waals surface area contributed by atoms with Crippen LogP contribution in [0.3, 0.4) is 0 Å². The van der Waals surface area contributed by atoms with Gasteiger partial charge in [0, 0.05) is 10.5 Å². The Morgan fingerprint density at radius 1 is 1.25 bits per heavy atom. The molecule has 0 aliphatic carbocycles. The molecule has 0 atom stereocenters. The van der Waals surface area contributed by atoms with Crippen LogP contribution in [0, 0.1) is 0 Å². The highest BCUT2D eigenvalue weighted by Gasteiger charge is 2.17.